The SMILES string of the molecule is CC1(C)CCC(C)(C)c2cc(-c3ccc(N4c5cc(-c6ccccc6)ccc5B5c6ccc(-n7c8ccccc8c8cc(-c9ccccc9)ccc87)cc6N(c6ccc(-c7ccc8c(c7)C(C)(C)CCC8(C)C)cc6)c6cc(-n7c8ccccc8c8ccccc87)cc4c65)cc3)ccc21. The minimum Gasteiger partial charge on any atom is -0.311 e. The molecule has 0 amide bonds. The van der Waals surface area contributed by atoms with Crippen molar-refractivity contribution < 1.29 is 0 Å². The zero-order valence-corrected chi connectivity index (χ0v) is 57.8. The summed E-state index contributed by atoms with van der Waals surface area (Å²) in [5.41, 5.74) is 33.6. The van der Waals surface area contributed by atoms with Crippen LogP contribution in [0.4, 0.5) is 34.1 Å². The van der Waals surface area contributed by atoms with Gasteiger partial charge in [0.05, 0.1) is 27.8 Å². The molecule has 4 aliphatic rings. The van der Waals surface area contributed by atoms with E-state index >= 15 is 0 Å². The van der Waals surface area contributed by atoms with E-state index in [1.807, 2.05) is 0 Å². The third-order valence-electron chi connectivity index (χ3n) is 23.6. The molecule has 0 spiro atoms. The molecule has 19 rings (SSSR count). The van der Waals surface area contributed by atoms with Crippen molar-refractivity contribution in [3.63, 3.8) is 0 Å². The third-order valence-corrected chi connectivity index (χ3v) is 23.6. The molecular weight excluding hydrogens is 1200 g/mol. The predicted molar refractivity (Wildman–Crippen MR) is 421 cm³/mol. The number of nitrogens with zero attached hydrogens (tertiary/aromatic N) is 4. The summed E-state index contributed by atoms with van der Waals surface area (Å²) in [5, 5.41) is 4.93. The average Bonchev–Trinajstić information content (AvgIpc) is 1.36. The molecule has 99 heavy (non-hydrogen) atoms. The van der Waals surface area contributed by atoms with E-state index in [4.69, 9.17) is 0 Å². The highest BCUT2D eigenvalue weighted by atomic mass is 15.2. The highest BCUT2D eigenvalue weighted by molar-refractivity contribution is 7.00. The Bertz CT molecular complexity index is 5750. The van der Waals surface area contributed by atoms with Gasteiger partial charge in [-0.1, -0.05) is 256 Å². The molecule has 5 heteroatoms. The van der Waals surface area contributed by atoms with E-state index in [0.717, 1.165) is 39.8 Å². The van der Waals surface area contributed by atoms with Crippen LogP contribution >= 0.6 is 0 Å². The van der Waals surface area contributed by atoms with Crippen molar-refractivity contribution in [1.29, 1.82) is 0 Å². The Morgan fingerprint density at radius 2 is 0.576 bits per heavy atom. The zero-order valence-electron chi connectivity index (χ0n) is 57.8. The number of benzene rings is 13. The van der Waals surface area contributed by atoms with E-state index in [1.165, 1.54) is 158 Å². The van der Waals surface area contributed by atoms with Crippen molar-refractivity contribution in [2.24, 2.45) is 0 Å². The first-order valence-corrected chi connectivity index (χ1v) is 35.8. The Morgan fingerprint density at radius 1 is 0.242 bits per heavy atom. The lowest BCUT2D eigenvalue weighted by Gasteiger charge is -2.44. The van der Waals surface area contributed by atoms with Gasteiger partial charge in [0.1, 0.15) is 0 Å². The van der Waals surface area contributed by atoms with Crippen molar-refractivity contribution in [3.8, 4) is 55.9 Å². The number of rotatable bonds is 8. The molecule has 0 saturated carbocycles. The number of fused-ring (bicyclic) bond motifs is 12. The molecule has 0 fully saturated rings. The second kappa shape index (κ2) is 21.8. The van der Waals surface area contributed by atoms with Gasteiger partial charge in [0, 0.05) is 61.4 Å². The van der Waals surface area contributed by atoms with Gasteiger partial charge in [0.15, 0.2) is 0 Å². The summed E-state index contributed by atoms with van der Waals surface area (Å²) < 4.78 is 5.04. The van der Waals surface area contributed by atoms with Gasteiger partial charge in [-0.2, -0.15) is 0 Å². The van der Waals surface area contributed by atoms with Crippen LogP contribution in [-0.4, -0.2) is 15.8 Å². The fourth-order valence-electron chi connectivity index (χ4n) is 18.0. The molecule has 478 valence electrons. The second-order valence-corrected chi connectivity index (χ2v) is 31.4. The van der Waals surface area contributed by atoms with Crippen LogP contribution in [0.25, 0.3) is 99.5 Å². The first kappa shape index (κ1) is 59.4. The molecule has 0 atom stereocenters. The van der Waals surface area contributed by atoms with E-state index < -0.39 is 0 Å². The van der Waals surface area contributed by atoms with Crippen LogP contribution in [0.1, 0.15) is 103 Å². The fourth-order valence-corrected chi connectivity index (χ4v) is 18.0. The largest absolute Gasteiger partial charge is 0.311 e. The van der Waals surface area contributed by atoms with Gasteiger partial charge in [-0.05, 0) is 215 Å². The Labute approximate surface area is 582 Å². The fraction of sp³-hybridized carbons (Fsp3) is 0.170. The number of anilines is 6. The molecule has 0 bridgehead atoms. The Balaban J connectivity index is 0.876. The summed E-state index contributed by atoms with van der Waals surface area (Å²) in [5.74, 6) is 0. The summed E-state index contributed by atoms with van der Waals surface area (Å²) in [6.45, 7) is 19.3. The van der Waals surface area contributed by atoms with E-state index in [0.29, 0.717) is 0 Å². The smallest absolute Gasteiger partial charge is 0.252 e. The lowest BCUT2D eigenvalue weighted by atomic mass is 9.33. The van der Waals surface area contributed by atoms with E-state index in [1.54, 1.807) is 0 Å². The van der Waals surface area contributed by atoms with Crippen LogP contribution in [0.15, 0.2) is 285 Å². The van der Waals surface area contributed by atoms with Crippen LogP contribution in [0.3, 0.4) is 0 Å². The highest BCUT2D eigenvalue weighted by Crippen LogP contribution is 2.52. The van der Waals surface area contributed by atoms with Crippen LogP contribution in [-0.2, 0) is 21.7 Å². The van der Waals surface area contributed by atoms with Crippen molar-refractivity contribution in [3.05, 3.63) is 307 Å². The second-order valence-electron chi connectivity index (χ2n) is 31.4. The van der Waals surface area contributed by atoms with Crippen LogP contribution < -0.4 is 26.2 Å². The maximum absolute atomic E-state index is 2.62. The highest BCUT2D eigenvalue weighted by Gasteiger charge is 2.45. The maximum Gasteiger partial charge on any atom is 0.252 e. The van der Waals surface area contributed by atoms with Gasteiger partial charge < -0.3 is 18.9 Å². The summed E-state index contributed by atoms with van der Waals surface area (Å²) >= 11 is 0. The molecule has 15 aromatic rings. The van der Waals surface area contributed by atoms with Gasteiger partial charge in [-0.3, -0.25) is 0 Å². The molecule has 0 saturated heterocycles. The molecule has 2 aliphatic carbocycles. The first-order valence-electron chi connectivity index (χ1n) is 35.8. The topological polar surface area (TPSA) is 16.3 Å². The molecule has 0 unspecified atom stereocenters. The number of aromatic nitrogens is 2. The molecule has 0 N–H and O–H groups in total. The van der Waals surface area contributed by atoms with E-state index in [9.17, 15) is 0 Å². The molecular formula is C94H79BN4. The predicted octanol–water partition coefficient (Wildman–Crippen LogP) is 23.3. The first-order chi connectivity index (χ1) is 48.0. The Kier molecular flexibility index (Phi) is 13.1. The van der Waals surface area contributed by atoms with Crippen molar-refractivity contribution in [2.45, 2.75) is 103 Å². The molecule has 2 aromatic heterocycles. The zero-order chi connectivity index (χ0) is 66.8. The van der Waals surface area contributed by atoms with Gasteiger partial charge in [0.2, 0.25) is 0 Å². The lowest BCUT2D eigenvalue weighted by molar-refractivity contribution is 0.332. The van der Waals surface area contributed by atoms with Crippen molar-refractivity contribution in [1.82, 2.24) is 9.13 Å². The van der Waals surface area contributed by atoms with Crippen molar-refractivity contribution in [2.75, 3.05) is 9.80 Å². The van der Waals surface area contributed by atoms with Crippen LogP contribution in [0, 0.1) is 0 Å². The third kappa shape index (κ3) is 9.26. The van der Waals surface area contributed by atoms with Gasteiger partial charge in [0.25, 0.3) is 6.71 Å². The summed E-state index contributed by atoms with van der Waals surface area (Å²) in [6, 6.07) is 109. The summed E-state index contributed by atoms with van der Waals surface area (Å²) in [6.07, 6.45) is 4.72. The minimum atomic E-state index is -0.144. The Hall–Kier alpha value is -10.9. The average molecular weight is 1280 g/mol. The molecule has 13 aromatic carbocycles. The number of hydrogen-bond donors (Lipinski definition) is 0. The number of hydrogen-bond acceptors (Lipinski definition) is 2. The van der Waals surface area contributed by atoms with Gasteiger partial charge in [-0.15, -0.1) is 0 Å². The molecule has 4 heterocycles. The minimum absolute atomic E-state index is 0.0851. The van der Waals surface area contributed by atoms with Crippen LogP contribution in [0.2, 0.25) is 0 Å². The van der Waals surface area contributed by atoms with E-state index in [2.05, 4.69) is 359 Å². The van der Waals surface area contributed by atoms with Crippen LogP contribution in [0.5, 0.6) is 0 Å². The van der Waals surface area contributed by atoms with Crippen molar-refractivity contribution >= 4 is 101 Å². The monoisotopic (exact) mass is 1270 g/mol. The Morgan fingerprint density at radius 3 is 1.07 bits per heavy atom. The van der Waals surface area contributed by atoms with Gasteiger partial charge >= 0.3 is 0 Å². The molecule has 0 radical (unpaired) electrons. The summed E-state index contributed by atoms with van der Waals surface area (Å²) in [7, 11) is 0. The number of para-hydroxylation sites is 3. The summed E-state index contributed by atoms with van der Waals surface area (Å²) in [4.78, 5) is 5.23. The molecule has 4 nitrogen and oxygen atoms in total. The normalized spacial score (nSPS) is 16.0. The quantitative estimate of drug-likeness (QED) is 0.141. The molecule has 2 aliphatic heterocycles. The van der Waals surface area contributed by atoms with E-state index in [-0.39, 0.29) is 28.4 Å². The lowest BCUT2D eigenvalue weighted by Crippen LogP contribution is -2.61. The standard InChI is InChI=1S/C94H79BN4/c1-91(2)49-51-93(5,6)78-54-65(35-44-76(78)91)62-31-39-68(40-32-62)96-86-56-67(61-23-13-10-14-24-61)37-46-80(86)95-81-47-43-70(98-84-30-20-17-27-74(84)75-53-64(38-48-85(75)98)60-21-11-9-12-22-60)57-87(81)97(69-41-33-63(34-42-69)66-36-45-77-79(55-66)94(7,8)52-50-92(77,3)4)89-59-71(58-88(96)90(89)95)99-82-28-18-15-25-72(82)73-26-16-19-29-83(73)99/h9-48,53-59H,49-52H2,1-8H3. The van der Waals surface area contributed by atoms with Gasteiger partial charge in [-0.25, -0.2) is 0 Å². The maximum atomic E-state index is 2.62.